The molecule has 1 N–H and O–H groups in total. The van der Waals surface area contributed by atoms with Crippen LogP contribution in [0.5, 0.6) is 0 Å². The van der Waals surface area contributed by atoms with Gasteiger partial charge in [-0.05, 0) is 59.2 Å². The van der Waals surface area contributed by atoms with Gasteiger partial charge in [-0.3, -0.25) is 0 Å². The molecule has 1 aliphatic carbocycles. The first-order chi connectivity index (χ1) is 7.66. The number of hydrogen-bond donors (Lipinski definition) is 1. The van der Waals surface area contributed by atoms with Gasteiger partial charge < -0.3 is 14.9 Å². The molecule has 0 radical (unpaired) electrons. The topological polar surface area (TPSA) is 26.7 Å². The lowest BCUT2D eigenvalue weighted by Gasteiger charge is -2.35. The van der Waals surface area contributed by atoms with Crippen LogP contribution in [0.1, 0.15) is 38.5 Å². The highest BCUT2D eigenvalue weighted by molar-refractivity contribution is 4.83. The van der Waals surface area contributed by atoms with Crippen LogP contribution in [0, 0.1) is 0 Å². The molecule has 1 aliphatic heterocycles. The summed E-state index contributed by atoms with van der Waals surface area (Å²) in [6.07, 6.45) is 7.03. The Morgan fingerprint density at radius 1 is 1.19 bits per heavy atom. The molecule has 94 valence electrons. The first-order valence-corrected chi connectivity index (χ1v) is 6.75. The molecule has 3 nitrogen and oxygen atoms in total. The minimum Gasteiger partial charge on any atom is -0.393 e. The summed E-state index contributed by atoms with van der Waals surface area (Å²) in [7, 11) is 4.50. The van der Waals surface area contributed by atoms with Crippen LogP contribution in [-0.2, 0) is 0 Å². The number of hydrogen-bond acceptors (Lipinski definition) is 3. The van der Waals surface area contributed by atoms with Crippen molar-refractivity contribution in [2.24, 2.45) is 0 Å². The van der Waals surface area contributed by atoms with Gasteiger partial charge in [0.1, 0.15) is 0 Å². The van der Waals surface area contributed by atoms with Crippen LogP contribution >= 0.6 is 0 Å². The Bertz CT molecular complexity index is 214. The van der Waals surface area contributed by atoms with E-state index in [1.165, 1.54) is 38.8 Å². The van der Waals surface area contributed by atoms with Gasteiger partial charge in [0.25, 0.3) is 0 Å². The van der Waals surface area contributed by atoms with Crippen LogP contribution in [0.25, 0.3) is 0 Å². The standard InChI is InChI=1S/C13H26N2O/c1-14-9-3-4-12(14)10-15(2)11-5-7-13(16)8-6-11/h11-13,16H,3-10H2,1-2H3. The van der Waals surface area contributed by atoms with Gasteiger partial charge >= 0.3 is 0 Å². The fraction of sp³-hybridized carbons (Fsp3) is 1.00. The van der Waals surface area contributed by atoms with Crippen LogP contribution in [0.15, 0.2) is 0 Å². The summed E-state index contributed by atoms with van der Waals surface area (Å²) in [6, 6.07) is 1.47. The van der Waals surface area contributed by atoms with Crippen LogP contribution in [0.3, 0.4) is 0 Å². The second-order valence-corrected chi connectivity index (χ2v) is 5.68. The Kier molecular flexibility index (Phi) is 4.22. The monoisotopic (exact) mass is 226 g/mol. The van der Waals surface area contributed by atoms with Crippen LogP contribution < -0.4 is 0 Å². The van der Waals surface area contributed by atoms with Crippen molar-refractivity contribution in [1.29, 1.82) is 0 Å². The molecule has 1 heterocycles. The van der Waals surface area contributed by atoms with Crippen molar-refractivity contribution in [1.82, 2.24) is 9.80 Å². The molecule has 16 heavy (non-hydrogen) atoms. The maximum Gasteiger partial charge on any atom is 0.0541 e. The summed E-state index contributed by atoms with van der Waals surface area (Å²) in [5, 5.41) is 9.51. The number of likely N-dealkylation sites (tertiary alicyclic amines) is 1. The summed E-state index contributed by atoms with van der Waals surface area (Å²) in [6.45, 7) is 2.47. The van der Waals surface area contributed by atoms with Crippen LogP contribution in [0.2, 0.25) is 0 Å². The highest BCUT2D eigenvalue weighted by atomic mass is 16.3. The van der Waals surface area contributed by atoms with E-state index in [-0.39, 0.29) is 6.10 Å². The van der Waals surface area contributed by atoms with Gasteiger partial charge in [0.2, 0.25) is 0 Å². The molecule has 1 saturated heterocycles. The Labute approximate surface area is 99.4 Å². The molecule has 0 amide bonds. The molecular weight excluding hydrogens is 200 g/mol. The first-order valence-electron chi connectivity index (χ1n) is 6.75. The number of aliphatic hydroxyl groups is 1. The van der Waals surface area contributed by atoms with Crippen molar-refractivity contribution in [3.63, 3.8) is 0 Å². The molecule has 2 aliphatic rings. The largest absolute Gasteiger partial charge is 0.393 e. The minimum atomic E-state index is -0.0289. The van der Waals surface area contributed by atoms with E-state index in [9.17, 15) is 5.11 Å². The summed E-state index contributed by atoms with van der Waals surface area (Å²) in [5.41, 5.74) is 0. The Morgan fingerprint density at radius 2 is 1.88 bits per heavy atom. The summed E-state index contributed by atoms with van der Waals surface area (Å²) in [4.78, 5) is 5.02. The number of rotatable bonds is 3. The summed E-state index contributed by atoms with van der Waals surface area (Å²) in [5.74, 6) is 0. The molecule has 0 aromatic rings. The summed E-state index contributed by atoms with van der Waals surface area (Å²) >= 11 is 0. The van der Waals surface area contributed by atoms with Crippen molar-refractivity contribution in [3.8, 4) is 0 Å². The Balaban J connectivity index is 1.76. The van der Waals surface area contributed by atoms with Gasteiger partial charge in [0.05, 0.1) is 6.10 Å². The molecular formula is C13H26N2O. The molecule has 1 unspecified atom stereocenters. The van der Waals surface area contributed by atoms with E-state index in [2.05, 4.69) is 23.9 Å². The van der Waals surface area contributed by atoms with E-state index >= 15 is 0 Å². The van der Waals surface area contributed by atoms with E-state index in [1.807, 2.05) is 0 Å². The van der Waals surface area contributed by atoms with E-state index < -0.39 is 0 Å². The highest BCUT2D eigenvalue weighted by Gasteiger charge is 2.27. The Morgan fingerprint density at radius 3 is 2.44 bits per heavy atom. The van der Waals surface area contributed by atoms with E-state index in [4.69, 9.17) is 0 Å². The molecule has 2 rings (SSSR count). The number of aliphatic hydroxyl groups excluding tert-OH is 1. The first kappa shape index (κ1) is 12.3. The highest BCUT2D eigenvalue weighted by Crippen LogP contribution is 2.24. The van der Waals surface area contributed by atoms with Crippen LogP contribution in [-0.4, -0.2) is 60.3 Å². The third kappa shape index (κ3) is 2.96. The third-order valence-corrected chi connectivity index (χ3v) is 4.46. The van der Waals surface area contributed by atoms with Gasteiger partial charge in [-0.25, -0.2) is 0 Å². The van der Waals surface area contributed by atoms with Gasteiger partial charge in [-0.2, -0.15) is 0 Å². The van der Waals surface area contributed by atoms with Gasteiger partial charge in [-0.1, -0.05) is 0 Å². The van der Waals surface area contributed by atoms with Crippen molar-refractivity contribution >= 4 is 0 Å². The fourth-order valence-corrected chi connectivity index (χ4v) is 3.19. The quantitative estimate of drug-likeness (QED) is 0.786. The maximum absolute atomic E-state index is 9.51. The number of likely N-dealkylation sites (N-methyl/N-ethyl adjacent to an activating group) is 2. The van der Waals surface area contributed by atoms with Gasteiger partial charge in [0, 0.05) is 18.6 Å². The van der Waals surface area contributed by atoms with E-state index in [0.717, 1.165) is 18.9 Å². The molecule has 0 spiro atoms. The lowest BCUT2D eigenvalue weighted by atomic mass is 9.92. The van der Waals surface area contributed by atoms with E-state index in [1.54, 1.807) is 0 Å². The molecule has 1 saturated carbocycles. The van der Waals surface area contributed by atoms with Crippen LogP contribution in [0.4, 0.5) is 0 Å². The third-order valence-electron chi connectivity index (χ3n) is 4.46. The Hall–Kier alpha value is -0.120. The predicted octanol–water partition coefficient (Wildman–Crippen LogP) is 1.32. The normalized spacial score (nSPS) is 37.1. The van der Waals surface area contributed by atoms with E-state index in [0.29, 0.717) is 6.04 Å². The fourth-order valence-electron chi connectivity index (χ4n) is 3.19. The second-order valence-electron chi connectivity index (χ2n) is 5.68. The zero-order chi connectivity index (χ0) is 11.5. The molecule has 0 aromatic carbocycles. The second kappa shape index (κ2) is 5.48. The van der Waals surface area contributed by atoms with Gasteiger partial charge in [-0.15, -0.1) is 0 Å². The minimum absolute atomic E-state index is 0.0289. The van der Waals surface area contributed by atoms with Crippen molar-refractivity contribution in [2.45, 2.75) is 56.7 Å². The van der Waals surface area contributed by atoms with Gasteiger partial charge in [0.15, 0.2) is 0 Å². The molecule has 0 aromatic heterocycles. The average Bonchev–Trinajstić information content (AvgIpc) is 2.65. The molecule has 0 bridgehead atoms. The SMILES string of the molecule is CN1CCCC1CN(C)C1CCC(O)CC1. The van der Waals surface area contributed by atoms with Crippen molar-refractivity contribution in [3.05, 3.63) is 0 Å². The average molecular weight is 226 g/mol. The molecule has 1 atom stereocenters. The lowest BCUT2D eigenvalue weighted by Crippen LogP contribution is -2.43. The molecule has 3 heteroatoms. The molecule has 2 fully saturated rings. The smallest absolute Gasteiger partial charge is 0.0541 e. The summed E-state index contributed by atoms with van der Waals surface area (Å²) < 4.78 is 0. The zero-order valence-corrected chi connectivity index (χ0v) is 10.7. The zero-order valence-electron chi connectivity index (χ0n) is 10.7. The predicted molar refractivity (Wildman–Crippen MR) is 66.5 cm³/mol. The lowest BCUT2D eigenvalue weighted by molar-refractivity contribution is 0.0754. The maximum atomic E-state index is 9.51. The van der Waals surface area contributed by atoms with Crippen molar-refractivity contribution < 1.29 is 5.11 Å². The van der Waals surface area contributed by atoms with Crippen molar-refractivity contribution in [2.75, 3.05) is 27.2 Å². The number of nitrogens with zero attached hydrogens (tertiary/aromatic N) is 2.